The number of aliphatic carboxylic acids is 2. The zero-order valence-corrected chi connectivity index (χ0v) is 12.0. The lowest BCUT2D eigenvalue weighted by atomic mass is 9.88. The average molecular weight is 307 g/mol. The fraction of sp³-hybridized carbons (Fsp3) is 0.467. The van der Waals surface area contributed by atoms with Crippen molar-refractivity contribution in [2.24, 2.45) is 0 Å². The van der Waals surface area contributed by atoms with Crippen LogP contribution in [0.4, 0.5) is 0 Å². The zero-order chi connectivity index (χ0) is 15.7. The second-order valence-corrected chi connectivity index (χ2v) is 5.37. The van der Waals surface area contributed by atoms with Crippen molar-refractivity contribution >= 4 is 11.9 Å². The molecule has 0 aliphatic carbocycles. The lowest BCUT2D eigenvalue weighted by Gasteiger charge is -2.18. The molecule has 0 aromatic heterocycles. The number of hydrogen-bond donors (Lipinski definition) is 3. The van der Waals surface area contributed by atoms with E-state index in [0.29, 0.717) is 35.5 Å². The van der Waals surface area contributed by atoms with Crippen LogP contribution in [0, 0.1) is 0 Å². The molecule has 3 rings (SSSR count). The van der Waals surface area contributed by atoms with Crippen LogP contribution in [0.25, 0.3) is 0 Å². The van der Waals surface area contributed by atoms with Crippen LogP contribution in [0.3, 0.4) is 0 Å². The zero-order valence-electron chi connectivity index (χ0n) is 12.0. The number of carbonyl (C=O) groups is 2. The lowest BCUT2D eigenvalue weighted by molar-refractivity contribution is -0.137. The monoisotopic (exact) mass is 307 g/mol. The van der Waals surface area contributed by atoms with Gasteiger partial charge < -0.3 is 25.0 Å². The highest BCUT2D eigenvalue weighted by atomic mass is 16.7. The summed E-state index contributed by atoms with van der Waals surface area (Å²) in [5.74, 6) is -1.08. The van der Waals surface area contributed by atoms with E-state index in [-0.39, 0.29) is 19.6 Å². The molecule has 0 unspecified atom stereocenters. The van der Waals surface area contributed by atoms with Gasteiger partial charge in [0.25, 0.3) is 0 Å². The summed E-state index contributed by atoms with van der Waals surface area (Å²) < 4.78 is 10.9. The van der Waals surface area contributed by atoms with Gasteiger partial charge in [-0.25, -0.2) is 0 Å². The third kappa shape index (κ3) is 2.59. The van der Waals surface area contributed by atoms with Crippen molar-refractivity contribution in [3.63, 3.8) is 0 Å². The van der Waals surface area contributed by atoms with Gasteiger partial charge in [-0.2, -0.15) is 0 Å². The number of carboxylic acid groups (broad SMARTS) is 2. The Morgan fingerprint density at radius 2 is 1.36 bits per heavy atom. The van der Waals surface area contributed by atoms with E-state index in [2.05, 4.69) is 5.32 Å². The first-order chi connectivity index (χ1) is 10.6. The fourth-order valence-corrected chi connectivity index (χ4v) is 3.20. The molecule has 2 aliphatic heterocycles. The van der Waals surface area contributed by atoms with Crippen molar-refractivity contribution in [3.05, 3.63) is 22.3 Å². The summed E-state index contributed by atoms with van der Waals surface area (Å²) in [6.45, 7) is 1.45. The van der Waals surface area contributed by atoms with Gasteiger partial charge in [-0.05, 0) is 37.1 Å². The summed E-state index contributed by atoms with van der Waals surface area (Å²) in [6, 6.07) is 0. The van der Waals surface area contributed by atoms with Crippen LogP contribution in [-0.2, 0) is 35.3 Å². The molecule has 0 amide bonds. The number of benzene rings is 1. The van der Waals surface area contributed by atoms with E-state index >= 15 is 0 Å². The molecule has 7 nitrogen and oxygen atoms in total. The third-order valence-corrected chi connectivity index (χ3v) is 4.01. The molecule has 0 fully saturated rings. The van der Waals surface area contributed by atoms with Gasteiger partial charge in [0.15, 0.2) is 11.5 Å². The number of carboxylic acids is 2. The lowest BCUT2D eigenvalue weighted by Crippen LogP contribution is -2.16. The first-order valence-electron chi connectivity index (χ1n) is 7.17. The van der Waals surface area contributed by atoms with E-state index in [1.807, 2.05) is 0 Å². The van der Waals surface area contributed by atoms with E-state index in [1.165, 1.54) is 0 Å². The van der Waals surface area contributed by atoms with E-state index in [1.54, 1.807) is 0 Å². The minimum atomic E-state index is -0.942. The molecule has 1 aromatic rings. The quantitative estimate of drug-likeness (QED) is 0.737. The van der Waals surface area contributed by atoms with Crippen molar-refractivity contribution in [1.29, 1.82) is 0 Å². The van der Waals surface area contributed by atoms with Gasteiger partial charge in [0.05, 0.1) is 12.8 Å². The maximum absolute atomic E-state index is 11.2. The van der Waals surface area contributed by atoms with Crippen molar-refractivity contribution in [1.82, 2.24) is 5.32 Å². The predicted molar refractivity (Wildman–Crippen MR) is 75.5 cm³/mol. The van der Waals surface area contributed by atoms with Gasteiger partial charge in [0.1, 0.15) is 0 Å². The molecule has 7 heteroatoms. The van der Waals surface area contributed by atoms with Crippen LogP contribution >= 0.6 is 0 Å². The number of hydrogen-bond acceptors (Lipinski definition) is 5. The summed E-state index contributed by atoms with van der Waals surface area (Å²) in [5, 5.41) is 21.6. The Morgan fingerprint density at radius 3 is 1.77 bits per heavy atom. The highest BCUT2D eigenvalue weighted by Crippen LogP contribution is 2.44. The highest BCUT2D eigenvalue weighted by Gasteiger charge is 2.31. The largest absolute Gasteiger partial charge is 0.481 e. The number of ether oxygens (including phenoxy) is 2. The summed E-state index contributed by atoms with van der Waals surface area (Å²) >= 11 is 0. The Bertz CT molecular complexity index is 587. The summed E-state index contributed by atoms with van der Waals surface area (Å²) in [4.78, 5) is 22.4. The Hall–Kier alpha value is -2.28. The molecular weight excluding hydrogens is 290 g/mol. The molecule has 0 atom stereocenters. The molecule has 0 bridgehead atoms. The standard InChI is InChI=1S/C15H17NO6/c17-12(18)5-10-8-1-3-16-4-2-9(8)11(6-13(19)20)15-14(10)21-7-22-15/h16H,1-7H2,(H,17,18)(H,19,20). The molecule has 0 saturated carbocycles. The van der Waals surface area contributed by atoms with Gasteiger partial charge in [-0.3, -0.25) is 9.59 Å². The van der Waals surface area contributed by atoms with Crippen molar-refractivity contribution in [2.45, 2.75) is 25.7 Å². The molecule has 2 aliphatic rings. The van der Waals surface area contributed by atoms with Gasteiger partial charge in [-0.1, -0.05) is 0 Å². The Kier molecular flexibility index (Phi) is 3.89. The summed E-state index contributed by atoms with van der Waals surface area (Å²) in [7, 11) is 0. The molecule has 1 aromatic carbocycles. The van der Waals surface area contributed by atoms with Crippen LogP contribution < -0.4 is 14.8 Å². The molecule has 0 radical (unpaired) electrons. The Balaban J connectivity index is 2.22. The van der Waals surface area contributed by atoms with Gasteiger partial charge in [-0.15, -0.1) is 0 Å². The summed E-state index contributed by atoms with van der Waals surface area (Å²) in [5.41, 5.74) is 3.03. The maximum atomic E-state index is 11.2. The number of rotatable bonds is 4. The van der Waals surface area contributed by atoms with E-state index in [4.69, 9.17) is 9.47 Å². The molecule has 0 spiro atoms. The third-order valence-electron chi connectivity index (χ3n) is 4.01. The molecule has 22 heavy (non-hydrogen) atoms. The molecule has 118 valence electrons. The number of fused-ring (bicyclic) bond motifs is 2. The molecule has 0 saturated heterocycles. The minimum absolute atomic E-state index is 0.00425. The van der Waals surface area contributed by atoms with Gasteiger partial charge in [0, 0.05) is 11.1 Å². The predicted octanol–water partition coefficient (Wildman–Crippen LogP) is 0.358. The normalized spacial score (nSPS) is 16.0. The van der Waals surface area contributed by atoms with Crippen LogP contribution in [0.15, 0.2) is 0 Å². The van der Waals surface area contributed by atoms with Gasteiger partial charge in [0.2, 0.25) is 6.79 Å². The second-order valence-electron chi connectivity index (χ2n) is 5.37. The number of nitrogens with one attached hydrogen (secondary N) is 1. The van der Waals surface area contributed by atoms with Crippen molar-refractivity contribution in [3.8, 4) is 11.5 Å². The average Bonchev–Trinajstić information content (AvgIpc) is 2.79. The summed E-state index contributed by atoms with van der Waals surface area (Å²) in [6.07, 6.45) is 1.01. The molecule has 2 heterocycles. The topological polar surface area (TPSA) is 105 Å². The van der Waals surface area contributed by atoms with Crippen LogP contribution in [0.2, 0.25) is 0 Å². The van der Waals surface area contributed by atoms with E-state index in [9.17, 15) is 19.8 Å². The van der Waals surface area contributed by atoms with Crippen molar-refractivity contribution in [2.75, 3.05) is 19.9 Å². The Morgan fingerprint density at radius 1 is 0.909 bits per heavy atom. The SMILES string of the molecule is O=C(O)Cc1c2c(c(CC(=O)O)c3c1OCO3)CCNCC2. The van der Waals surface area contributed by atoms with Crippen LogP contribution in [-0.4, -0.2) is 42.0 Å². The van der Waals surface area contributed by atoms with E-state index < -0.39 is 11.9 Å². The first-order valence-corrected chi connectivity index (χ1v) is 7.17. The van der Waals surface area contributed by atoms with Crippen LogP contribution in [0.1, 0.15) is 22.3 Å². The van der Waals surface area contributed by atoms with E-state index in [0.717, 1.165) is 24.2 Å². The molecular formula is C15H17NO6. The minimum Gasteiger partial charge on any atom is -0.481 e. The van der Waals surface area contributed by atoms with Crippen LogP contribution in [0.5, 0.6) is 11.5 Å². The Labute approximate surface area is 126 Å². The second kappa shape index (κ2) is 5.84. The maximum Gasteiger partial charge on any atom is 0.307 e. The smallest absolute Gasteiger partial charge is 0.307 e. The van der Waals surface area contributed by atoms with Gasteiger partial charge >= 0.3 is 11.9 Å². The highest BCUT2D eigenvalue weighted by molar-refractivity contribution is 5.78. The van der Waals surface area contributed by atoms with Crippen molar-refractivity contribution < 1.29 is 29.3 Å². The molecule has 3 N–H and O–H groups in total. The first kappa shape index (κ1) is 14.6. The fourth-order valence-electron chi connectivity index (χ4n) is 3.20.